The number of nitrogens with one attached hydrogen (secondary N) is 1. The summed E-state index contributed by atoms with van der Waals surface area (Å²) in [5.41, 5.74) is 0. The molecule has 0 bridgehead atoms. The summed E-state index contributed by atoms with van der Waals surface area (Å²) >= 11 is 0. The number of carbonyl (C=O) groups is 1. The second-order valence-corrected chi connectivity index (χ2v) is 5.96. The van der Waals surface area contributed by atoms with Gasteiger partial charge in [0.25, 0.3) is 0 Å². The molecule has 17 heavy (non-hydrogen) atoms. The van der Waals surface area contributed by atoms with Gasteiger partial charge in [0.1, 0.15) is 11.4 Å². The summed E-state index contributed by atoms with van der Waals surface area (Å²) < 4.78 is 25.1. The zero-order chi connectivity index (χ0) is 13.1. The van der Waals surface area contributed by atoms with Gasteiger partial charge in [0.2, 0.25) is 10.0 Å². The highest BCUT2D eigenvalue weighted by atomic mass is 32.2. The van der Waals surface area contributed by atoms with Crippen molar-refractivity contribution >= 4 is 16.0 Å². The first-order chi connectivity index (χ1) is 7.84. The van der Waals surface area contributed by atoms with E-state index in [1.54, 1.807) is 0 Å². The van der Waals surface area contributed by atoms with Gasteiger partial charge in [-0.2, -0.15) is 9.40 Å². The molecule has 0 fully saturated rings. The third-order valence-electron chi connectivity index (χ3n) is 1.99. The third kappa shape index (κ3) is 3.53. The van der Waals surface area contributed by atoms with Crippen LogP contribution in [0, 0.1) is 5.92 Å². The normalized spacial score (nSPS) is 12.2. The van der Waals surface area contributed by atoms with Crippen LogP contribution in [0.15, 0.2) is 17.3 Å². The summed E-state index contributed by atoms with van der Waals surface area (Å²) in [4.78, 5) is 10.6. The zero-order valence-electron chi connectivity index (χ0n) is 9.62. The number of aromatic amines is 1. The van der Waals surface area contributed by atoms with E-state index in [2.05, 4.69) is 10.2 Å². The lowest BCUT2D eigenvalue weighted by Gasteiger charge is -2.21. The number of H-pyrrole nitrogens is 1. The molecule has 0 aliphatic rings. The SMILES string of the molecule is CC(C)CN(CC(=O)O)S(=O)(=O)c1cn[nH]c1. The highest BCUT2D eigenvalue weighted by Crippen LogP contribution is 2.15. The molecule has 0 aromatic carbocycles. The zero-order valence-corrected chi connectivity index (χ0v) is 10.4. The van der Waals surface area contributed by atoms with Crippen molar-refractivity contribution in [3.8, 4) is 0 Å². The maximum atomic E-state index is 12.1. The smallest absolute Gasteiger partial charge is 0.318 e. The van der Waals surface area contributed by atoms with Crippen LogP contribution < -0.4 is 0 Å². The number of carboxylic acids is 1. The molecule has 96 valence electrons. The number of carboxylic acid groups (broad SMARTS) is 1. The lowest BCUT2D eigenvalue weighted by atomic mass is 10.2. The minimum atomic E-state index is -3.79. The maximum Gasteiger partial charge on any atom is 0.318 e. The lowest BCUT2D eigenvalue weighted by molar-refractivity contribution is -0.137. The molecule has 0 saturated heterocycles. The fraction of sp³-hybridized carbons (Fsp3) is 0.556. The highest BCUT2D eigenvalue weighted by Gasteiger charge is 2.27. The molecule has 0 atom stereocenters. The van der Waals surface area contributed by atoms with Gasteiger partial charge in [0, 0.05) is 12.7 Å². The predicted octanol–water partition coefficient (Wildman–Crippen LogP) is 0.141. The van der Waals surface area contributed by atoms with E-state index in [4.69, 9.17) is 5.11 Å². The van der Waals surface area contributed by atoms with Crippen LogP contribution in [0.4, 0.5) is 0 Å². The summed E-state index contributed by atoms with van der Waals surface area (Å²) in [5.74, 6) is -1.14. The van der Waals surface area contributed by atoms with Crippen LogP contribution in [0.5, 0.6) is 0 Å². The minimum absolute atomic E-state index is 0.0283. The van der Waals surface area contributed by atoms with Crippen LogP contribution >= 0.6 is 0 Å². The molecule has 0 aliphatic heterocycles. The van der Waals surface area contributed by atoms with Gasteiger partial charge in [0.05, 0.1) is 6.20 Å². The highest BCUT2D eigenvalue weighted by molar-refractivity contribution is 7.89. The van der Waals surface area contributed by atoms with Crippen molar-refractivity contribution < 1.29 is 18.3 Å². The van der Waals surface area contributed by atoms with Gasteiger partial charge < -0.3 is 5.11 Å². The largest absolute Gasteiger partial charge is 0.480 e. The van der Waals surface area contributed by atoms with Crippen LogP contribution in [-0.4, -0.2) is 47.1 Å². The van der Waals surface area contributed by atoms with Gasteiger partial charge in [-0.3, -0.25) is 9.89 Å². The van der Waals surface area contributed by atoms with Gasteiger partial charge >= 0.3 is 5.97 Å². The fourth-order valence-corrected chi connectivity index (χ4v) is 2.80. The van der Waals surface area contributed by atoms with Crippen LogP contribution in [-0.2, 0) is 14.8 Å². The molecule has 0 saturated carbocycles. The van der Waals surface area contributed by atoms with Crippen LogP contribution in [0.2, 0.25) is 0 Å². The molecule has 1 heterocycles. The molecule has 0 aliphatic carbocycles. The Balaban J connectivity index is 3.00. The molecule has 0 radical (unpaired) electrons. The van der Waals surface area contributed by atoms with E-state index in [0.717, 1.165) is 10.5 Å². The molecule has 7 nitrogen and oxygen atoms in total. The standard InChI is InChI=1S/C9H15N3O4S/c1-7(2)5-12(6-9(13)14)17(15,16)8-3-10-11-4-8/h3-4,7H,5-6H2,1-2H3,(H,10,11)(H,13,14). The second kappa shape index (κ2) is 5.28. The number of hydrogen-bond acceptors (Lipinski definition) is 4. The van der Waals surface area contributed by atoms with E-state index in [1.807, 2.05) is 13.8 Å². The van der Waals surface area contributed by atoms with Crippen molar-refractivity contribution in [1.29, 1.82) is 0 Å². The summed E-state index contributed by atoms with van der Waals surface area (Å²) in [5, 5.41) is 14.7. The average molecular weight is 261 g/mol. The van der Waals surface area contributed by atoms with Gasteiger partial charge in [-0.05, 0) is 5.92 Å². The molecule has 1 rings (SSSR count). The van der Waals surface area contributed by atoms with Gasteiger partial charge in [-0.15, -0.1) is 0 Å². The summed E-state index contributed by atoms with van der Waals surface area (Å²) in [6, 6.07) is 0. The Morgan fingerprint density at radius 1 is 1.59 bits per heavy atom. The Morgan fingerprint density at radius 3 is 2.65 bits per heavy atom. The lowest BCUT2D eigenvalue weighted by Crippen LogP contribution is -2.38. The molecular formula is C9H15N3O4S. The summed E-state index contributed by atoms with van der Waals surface area (Å²) in [6.07, 6.45) is 2.38. The van der Waals surface area contributed by atoms with E-state index < -0.39 is 22.5 Å². The van der Waals surface area contributed by atoms with Crippen molar-refractivity contribution in [3.63, 3.8) is 0 Å². The molecule has 8 heteroatoms. The number of sulfonamides is 1. The van der Waals surface area contributed by atoms with E-state index in [9.17, 15) is 13.2 Å². The van der Waals surface area contributed by atoms with Crippen LogP contribution in [0.25, 0.3) is 0 Å². The van der Waals surface area contributed by atoms with Crippen LogP contribution in [0.1, 0.15) is 13.8 Å². The fourth-order valence-electron chi connectivity index (χ4n) is 1.33. The van der Waals surface area contributed by atoms with E-state index >= 15 is 0 Å². The average Bonchev–Trinajstić information content (AvgIpc) is 2.68. The Kier molecular flexibility index (Phi) is 4.24. The summed E-state index contributed by atoms with van der Waals surface area (Å²) in [7, 11) is -3.79. The number of aromatic nitrogens is 2. The molecule has 2 N–H and O–H groups in total. The van der Waals surface area contributed by atoms with Gasteiger partial charge in [-0.25, -0.2) is 8.42 Å². The van der Waals surface area contributed by atoms with E-state index in [1.165, 1.54) is 6.20 Å². The van der Waals surface area contributed by atoms with Crippen LogP contribution in [0.3, 0.4) is 0 Å². The minimum Gasteiger partial charge on any atom is -0.480 e. The third-order valence-corrected chi connectivity index (χ3v) is 3.77. The molecule has 0 unspecified atom stereocenters. The van der Waals surface area contributed by atoms with Crippen molar-refractivity contribution in [1.82, 2.24) is 14.5 Å². The van der Waals surface area contributed by atoms with Gasteiger partial charge in [0.15, 0.2) is 0 Å². The number of aliphatic carboxylic acids is 1. The van der Waals surface area contributed by atoms with E-state index in [-0.39, 0.29) is 17.4 Å². The molecule has 0 spiro atoms. The van der Waals surface area contributed by atoms with E-state index in [0.29, 0.717) is 0 Å². The first-order valence-corrected chi connectivity index (χ1v) is 6.48. The van der Waals surface area contributed by atoms with Gasteiger partial charge in [-0.1, -0.05) is 13.8 Å². The van der Waals surface area contributed by atoms with Crippen molar-refractivity contribution in [2.45, 2.75) is 18.7 Å². The first kappa shape index (κ1) is 13.7. The van der Waals surface area contributed by atoms with Crippen molar-refractivity contribution in [2.24, 2.45) is 5.92 Å². The Hall–Kier alpha value is -1.41. The number of hydrogen-bond donors (Lipinski definition) is 2. The Labute approximate surface area is 99.5 Å². The Bertz CT molecular complexity index is 466. The number of rotatable bonds is 6. The Morgan fingerprint density at radius 2 is 2.24 bits per heavy atom. The van der Waals surface area contributed by atoms with Crippen molar-refractivity contribution in [3.05, 3.63) is 12.4 Å². The number of nitrogens with zero attached hydrogens (tertiary/aromatic N) is 2. The topological polar surface area (TPSA) is 103 Å². The maximum absolute atomic E-state index is 12.1. The molecule has 1 aromatic rings. The first-order valence-electron chi connectivity index (χ1n) is 5.04. The van der Waals surface area contributed by atoms with Crippen molar-refractivity contribution in [2.75, 3.05) is 13.1 Å². The second-order valence-electron chi connectivity index (χ2n) is 4.02. The summed E-state index contributed by atoms with van der Waals surface area (Å²) in [6.45, 7) is 3.24. The monoisotopic (exact) mass is 261 g/mol. The molecule has 0 amide bonds. The predicted molar refractivity (Wildman–Crippen MR) is 59.8 cm³/mol. The molecular weight excluding hydrogens is 246 g/mol. The molecule has 1 aromatic heterocycles. The quantitative estimate of drug-likeness (QED) is 0.758.